The lowest BCUT2D eigenvalue weighted by molar-refractivity contribution is 0.487. The predicted molar refractivity (Wildman–Crippen MR) is 84.4 cm³/mol. The monoisotopic (exact) mass is 418 g/mol. The Kier molecular flexibility index (Phi) is 3.61. The first-order chi connectivity index (χ1) is 9.56. The summed E-state index contributed by atoms with van der Waals surface area (Å²) in [5.74, 6) is 0.269. The molecule has 0 radical (unpaired) electrons. The molecule has 3 aromatic rings. The van der Waals surface area contributed by atoms with Gasteiger partial charge in [0.05, 0.1) is 11.7 Å². The van der Waals surface area contributed by atoms with Crippen LogP contribution < -0.4 is 4.18 Å². The van der Waals surface area contributed by atoms with Gasteiger partial charge in [-0.05, 0) is 59.0 Å². The zero-order valence-corrected chi connectivity index (χ0v) is 13.6. The number of benzene rings is 2. The number of hydrogen-bond donors (Lipinski definition) is 0. The quantitative estimate of drug-likeness (QED) is 0.483. The van der Waals surface area contributed by atoms with Gasteiger partial charge in [0.25, 0.3) is 0 Å². The molecule has 0 unspecified atom stereocenters. The zero-order chi connectivity index (χ0) is 14.2. The van der Waals surface area contributed by atoms with Crippen molar-refractivity contribution >= 4 is 55.5 Å². The largest absolute Gasteiger partial charge is 0.379 e. The molecule has 1 aromatic heterocycles. The van der Waals surface area contributed by atoms with Crippen LogP contribution in [-0.4, -0.2) is 17.2 Å². The van der Waals surface area contributed by atoms with Crippen molar-refractivity contribution in [3.63, 3.8) is 0 Å². The number of nitrogens with zero attached hydrogens (tertiary/aromatic N) is 2. The van der Waals surface area contributed by atoms with Crippen molar-refractivity contribution in [1.29, 1.82) is 0 Å². The molecule has 0 N–H and O–H groups in total. The Hall–Kier alpha value is -1.26. The molecule has 1 heterocycles. The molecule has 5 nitrogen and oxygen atoms in total. The van der Waals surface area contributed by atoms with Crippen LogP contribution in [0.3, 0.4) is 0 Å². The second-order valence-electron chi connectivity index (χ2n) is 3.88. The van der Waals surface area contributed by atoms with Gasteiger partial charge in [-0.25, -0.2) is 0 Å². The van der Waals surface area contributed by atoms with E-state index in [2.05, 4.69) is 31.3 Å². The lowest BCUT2D eigenvalue weighted by Gasteiger charge is -2.07. The fourth-order valence-corrected chi connectivity index (χ4v) is 3.70. The fraction of sp³-hybridized carbons (Fsp3) is 0. The van der Waals surface area contributed by atoms with E-state index in [1.807, 2.05) is 0 Å². The summed E-state index contributed by atoms with van der Waals surface area (Å²) in [6, 6.07) is 11.6. The van der Waals surface area contributed by atoms with Crippen molar-refractivity contribution in [3.8, 4) is 5.75 Å². The maximum Gasteiger partial charge on any atom is 0.341 e. The molecule has 0 spiro atoms. The van der Waals surface area contributed by atoms with Crippen molar-refractivity contribution in [2.24, 2.45) is 0 Å². The molecule has 0 aliphatic rings. The summed E-state index contributed by atoms with van der Waals surface area (Å²) in [4.78, 5) is 0.0299. The highest BCUT2D eigenvalue weighted by Gasteiger charge is 2.21. The summed E-state index contributed by atoms with van der Waals surface area (Å²) in [5.41, 5.74) is 0.880. The van der Waals surface area contributed by atoms with Gasteiger partial charge in [-0.3, -0.25) is 0 Å². The van der Waals surface area contributed by atoms with Crippen LogP contribution in [0.25, 0.3) is 11.0 Å². The van der Waals surface area contributed by atoms with Crippen LogP contribution in [-0.2, 0) is 10.1 Å². The number of fused-ring (bicyclic) bond motifs is 1. The number of aromatic nitrogens is 2. The molecule has 0 amide bonds. The second-order valence-corrected chi connectivity index (χ2v) is 7.17. The molecule has 0 saturated heterocycles. The highest BCUT2D eigenvalue weighted by Crippen LogP contribution is 2.25. The van der Waals surface area contributed by atoms with Gasteiger partial charge in [0.2, 0.25) is 0 Å². The third-order valence-electron chi connectivity index (χ3n) is 2.54. The number of rotatable bonds is 3. The average molecular weight is 418 g/mol. The smallest absolute Gasteiger partial charge is 0.341 e. The Morgan fingerprint density at radius 1 is 1.05 bits per heavy atom. The highest BCUT2D eigenvalue weighted by molar-refractivity contribution is 14.1. The number of hydrogen-bond acceptors (Lipinski definition) is 6. The van der Waals surface area contributed by atoms with Crippen LogP contribution in [0.5, 0.6) is 5.75 Å². The summed E-state index contributed by atoms with van der Waals surface area (Å²) >= 11 is 3.10. The van der Waals surface area contributed by atoms with E-state index in [1.54, 1.807) is 36.4 Å². The van der Waals surface area contributed by atoms with E-state index in [-0.39, 0.29) is 10.6 Å². The molecular formula is C12H7IN2O3S2. The van der Waals surface area contributed by atoms with Crippen LogP contribution in [0.4, 0.5) is 0 Å². The van der Waals surface area contributed by atoms with E-state index in [0.29, 0.717) is 11.0 Å². The van der Waals surface area contributed by atoms with Crippen molar-refractivity contribution < 1.29 is 12.6 Å². The molecule has 20 heavy (non-hydrogen) atoms. The number of halogens is 1. The van der Waals surface area contributed by atoms with Gasteiger partial charge in [0.15, 0.2) is 0 Å². The molecule has 0 fully saturated rings. The zero-order valence-electron chi connectivity index (χ0n) is 9.86. The third kappa shape index (κ3) is 2.63. The van der Waals surface area contributed by atoms with Crippen LogP contribution in [0.15, 0.2) is 47.4 Å². The lowest BCUT2D eigenvalue weighted by atomic mass is 10.3. The Morgan fingerprint density at radius 3 is 2.55 bits per heavy atom. The fourth-order valence-electron chi connectivity index (χ4n) is 1.64. The van der Waals surface area contributed by atoms with Gasteiger partial charge in [-0.15, -0.1) is 0 Å². The molecule has 0 saturated carbocycles. The van der Waals surface area contributed by atoms with E-state index in [0.717, 1.165) is 15.3 Å². The summed E-state index contributed by atoms with van der Waals surface area (Å²) in [6.45, 7) is 0. The normalized spacial score (nSPS) is 11.7. The molecule has 2 aromatic carbocycles. The van der Waals surface area contributed by atoms with E-state index in [4.69, 9.17) is 4.18 Å². The third-order valence-corrected chi connectivity index (χ3v) is 5.08. The standard InChI is InChI=1S/C12H7IN2O3S2/c13-8-4-6-9(7-5-8)18-20(16,17)11-3-1-2-10-12(11)15-19-14-10/h1-7H. The molecular weight excluding hydrogens is 411 g/mol. The molecule has 0 aliphatic carbocycles. The first kappa shape index (κ1) is 13.7. The van der Waals surface area contributed by atoms with Gasteiger partial charge in [-0.2, -0.15) is 17.2 Å². The molecule has 0 aliphatic heterocycles. The van der Waals surface area contributed by atoms with Crippen LogP contribution in [0.2, 0.25) is 0 Å². The average Bonchev–Trinajstić information content (AvgIpc) is 2.89. The summed E-state index contributed by atoms with van der Waals surface area (Å²) in [7, 11) is -3.92. The minimum atomic E-state index is -3.92. The maximum atomic E-state index is 12.3. The van der Waals surface area contributed by atoms with Crippen LogP contribution in [0, 0.1) is 3.57 Å². The Balaban J connectivity index is 2.03. The summed E-state index contributed by atoms with van der Waals surface area (Å²) in [5, 5.41) is 0. The Labute approximate surface area is 133 Å². The SMILES string of the molecule is O=S(=O)(Oc1ccc(I)cc1)c1cccc2nsnc12. The van der Waals surface area contributed by atoms with E-state index >= 15 is 0 Å². The van der Waals surface area contributed by atoms with E-state index < -0.39 is 10.1 Å². The van der Waals surface area contributed by atoms with Gasteiger partial charge in [-0.1, -0.05) is 6.07 Å². The molecule has 102 valence electrons. The van der Waals surface area contributed by atoms with E-state index in [9.17, 15) is 8.42 Å². The minimum Gasteiger partial charge on any atom is -0.379 e. The van der Waals surface area contributed by atoms with Crippen LogP contribution in [0.1, 0.15) is 0 Å². The van der Waals surface area contributed by atoms with E-state index in [1.165, 1.54) is 6.07 Å². The minimum absolute atomic E-state index is 0.0299. The molecule has 0 atom stereocenters. The topological polar surface area (TPSA) is 69.2 Å². The van der Waals surface area contributed by atoms with Crippen molar-refractivity contribution in [3.05, 3.63) is 46.0 Å². The first-order valence-corrected chi connectivity index (χ1v) is 8.69. The molecule has 3 rings (SSSR count). The Morgan fingerprint density at radius 2 is 1.80 bits per heavy atom. The first-order valence-electron chi connectivity index (χ1n) is 5.47. The molecule has 8 heteroatoms. The Bertz CT molecular complexity index is 860. The van der Waals surface area contributed by atoms with Gasteiger partial charge >= 0.3 is 10.1 Å². The van der Waals surface area contributed by atoms with Crippen molar-refractivity contribution in [1.82, 2.24) is 8.75 Å². The second kappa shape index (κ2) is 5.26. The predicted octanol–water partition coefficient (Wildman–Crippen LogP) is 3.06. The lowest BCUT2D eigenvalue weighted by Crippen LogP contribution is -2.10. The maximum absolute atomic E-state index is 12.3. The highest BCUT2D eigenvalue weighted by atomic mass is 127. The summed E-state index contributed by atoms with van der Waals surface area (Å²) < 4.78 is 38.8. The summed E-state index contributed by atoms with van der Waals surface area (Å²) in [6.07, 6.45) is 0. The van der Waals surface area contributed by atoms with Crippen molar-refractivity contribution in [2.45, 2.75) is 4.90 Å². The van der Waals surface area contributed by atoms with Crippen molar-refractivity contribution in [2.75, 3.05) is 0 Å². The molecule has 0 bridgehead atoms. The van der Waals surface area contributed by atoms with Gasteiger partial charge in [0.1, 0.15) is 21.7 Å². The van der Waals surface area contributed by atoms with Gasteiger partial charge in [0, 0.05) is 3.57 Å². The van der Waals surface area contributed by atoms with Gasteiger partial charge < -0.3 is 4.18 Å². The van der Waals surface area contributed by atoms with Crippen LogP contribution >= 0.6 is 34.3 Å².